The lowest BCUT2D eigenvalue weighted by Crippen LogP contribution is -2.19. The number of Topliss-reactive ketones (excluding diaryl/α,β-unsaturated/α-hetero) is 1. The van der Waals surface area contributed by atoms with Crippen molar-refractivity contribution in [2.45, 2.75) is 6.42 Å². The van der Waals surface area contributed by atoms with Gasteiger partial charge in [-0.1, -0.05) is 12.7 Å². The Hall–Kier alpha value is -1.38. The van der Waals surface area contributed by atoms with Crippen molar-refractivity contribution in [3.8, 4) is 0 Å². The molecule has 0 unspecified atom stereocenters. The van der Waals surface area contributed by atoms with Gasteiger partial charge < -0.3 is 5.73 Å². The highest BCUT2D eigenvalue weighted by Gasteiger charge is 2.09. The Balaban J connectivity index is 4.08. The largest absolute Gasteiger partial charge is 0.366 e. The standard InChI is InChI=1S/C7H9NO2/c1-3-4-6(9)5(2)7(8)10/h3H,1-2,4H2,(H2,8,10). The van der Waals surface area contributed by atoms with E-state index in [4.69, 9.17) is 5.73 Å². The van der Waals surface area contributed by atoms with E-state index in [-0.39, 0.29) is 17.8 Å². The van der Waals surface area contributed by atoms with Crippen LogP contribution in [0.15, 0.2) is 24.8 Å². The maximum atomic E-state index is 10.7. The first-order valence-corrected chi connectivity index (χ1v) is 2.72. The first-order valence-electron chi connectivity index (χ1n) is 2.72. The van der Waals surface area contributed by atoms with Crippen molar-refractivity contribution in [1.29, 1.82) is 0 Å². The molecular weight excluding hydrogens is 130 g/mol. The maximum absolute atomic E-state index is 10.7. The summed E-state index contributed by atoms with van der Waals surface area (Å²) in [6.45, 7) is 6.53. The zero-order chi connectivity index (χ0) is 8.15. The second kappa shape index (κ2) is 3.61. The third kappa shape index (κ3) is 2.26. The number of rotatable bonds is 4. The van der Waals surface area contributed by atoms with Crippen molar-refractivity contribution in [3.05, 3.63) is 24.8 Å². The van der Waals surface area contributed by atoms with E-state index in [0.717, 1.165) is 0 Å². The summed E-state index contributed by atoms with van der Waals surface area (Å²) < 4.78 is 0. The molecule has 0 spiro atoms. The van der Waals surface area contributed by atoms with Gasteiger partial charge >= 0.3 is 0 Å². The zero-order valence-electron chi connectivity index (χ0n) is 5.59. The fraction of sp³-hybridized carbons (Fsp3) is 0.143. The van der Waals surface area contributed by atoms with Crippen LogP contribution in [-0.2, 0) is 9.59 Å². The molecule has 0 heterocycles. The van der Waals surface area contributed by atoms with Crippen molar-refractivity contribution in [2.24, 2.45) is 5.73 Å². The summed E-state index contributed by atoms with van der Waals surface area (Å²) in [6.07, 6.45) is 1.51. The molecule has 0 aromatic heterocycles. The first kappa shape index (κ1) is 8.62. The molecule has 0 aromatic rings. The van der Waals surface area contributed by atoms with Crippen LogP contribution < -0.4 is 5.73 Å². The van der Waals surface area contributed by atoms with Gasteiger partial charge in [-0.2, -0.15) is 0 Å². The summed E-state index contributed by atoms with van der Waals surface area (Å²) in [5, 5.41) is 0. The molecule has 0 aliphatic rings. The number of carbonyl (C=O) groups is 2. The van der Waals surface area contributed by atoms with E-state index in [2.05, 4.69) is 13.2 Å². The number of amides is 1. The third-order valence-corrected chi connectivity index (χ3v) is 0.964. The molecule has 0 saturated carbocycles. The van der Waals surface area contributed by atoms with E-state index in [9.17, 15) is 9.59 Å². The van der Waals surface area contributed by atoms with Gasteiger partial charge in [-0.25, -0.2) is 0 Å². The quantitative estimate of drug-likeness (QED) is 0.261. The van der Waals surface area contributed by atoms with Crippen molar-refractivity contribution >= 4 is 11.7 Å². The Morgan fingerprint density at radius 3 is 2.30 bits per heavy atom. The number of allylic oxidation sites excluding steroid dienone is 1. The van der Waals surface area contributed by atoms with Crippen LogP contribution in [0.25, 0.3) is 0 Å². The molecular formula is C7H9NO2. The maximum Gasteiger partial charge on any atom is 0.251 e. The molecule has 0 atom stereocenters. The first-order chi connectivity index (χ1) is 4.59. The van der Waals surface area contributed by atoms with Crippen LogP contribution >= 0.6 is 0 Å². The average molecular weight is 139 g/mol. The van der Waals surface area contributed by atoms with E-state index < -0.39 is 5.91 Å². The van der Waals surface area contributed by atoms with Crippen molar-refractivity contribution in [2.75, 3.05) is 0 Å². The molecule has 3 heteroatoms. The summed E-state index contributed by atoms with van der Waals surface area (Å²) >= 11 is 0. The second-order valence-corrected chi connectivity index (χ2v) is 1.76. The summed E-state index contributed by atoms with van der Waals surface area (Å²) in [4.78, 5) is 21.0. The van der Waals surface area contributed by atoms with Crippen molar-refractivity contribution in [3.63, 3.8) is 0 Å². The number of carbonyl (C=O) groups excluding carboxylic acids is 2. The predicted octanol–water partition coefficient (Wildman–Crippen LogP) is 0.173. The van der Waals surface area contributed by atoms with Gasteiger partial charge in [-0.05, 0) is 0 Å². The Morgan fingerprint density at radius 1 is 1.50 bits per heavy atom. The van der Waals surface area contributed by atoms with Gasteiger partial charge in [0.1, 0.15) is 0 Å². The molecule has 10 heavy (non-hydrogen) atoms. The zero-order valence-corrected chi connectivity index (χ0v) is 5.59. The fourth-order valence-corrected chi connectivity index (χ4v) is 0.392. The Bertz CT molecular complexity index is 194. The van der Waals surface area contributed by atoms with Gasteiger partial charge in [0, 0.05) is 6.42 Å². The van der Waals surface area contributed by atoms with E-state index in [0.29, 0.717) is 0 Å². The van der Waals surface area contributed by atoms with Crippen LogP contribution in [0.2, 0.25) is 0 Å². The van der Waals surface area contributed by atoms with Crippen molar-refractivity contribution in [1.82, 2.24) is 0 Å². The third-order valence-electron chi connectivity index (χ3n) is 0.964. The number of primary amides is 1. The minimum atomic E-state index is -0.771. The fourth-order valence-electron chi connectivity index (χ4n) is 0.392. The van der Waals surface area contributed by atoms with Gasteiger partial charge in [0.25, 0.3) is 5.91 Å². The molecule has 0 radical (unpaired) electrons. The molecule has 0 rings (SSSR count). The smallest absolute Gasteiger partial charge is 0.251 e. The van der Waals surface area contributed by atoms with Crippen LogP contribution in [0.3, 0.4) is 0 Å². The lowest BCUT2D eigenvalue weighted by atomic mass is 10.1. The summed E-state index contributed by atoms with van der Waals surface area (Å²) in [5.74, 6) is -1.14. The average Bonchev–Trinajstić information content (AvgIpc) is 1.87. The predicted molar refractivity (Wildman–Crippen MR) is 38.2 cm³/mol. The number of ketones is 1. The number of hydrogen-bond donors (Lipinski definition) is 1. The van der Waals surface area contributed by atoms with E-state index in [1.165, 1.54) is 6.08 Å². The van der Waals surface area contributed by atoms with Crippen LogP contribution in [0.1, 0.15) is 6.42 Å². The molecule has 0 aromatic carbocycles. The SMILES string of the molecule is C=CCC(=O)C(=C)C(N)=O. The van der Waals surface area contributed by atoms with Gasteiger partial charge in [0.15, 0.2) is 5.78 Å². The lowest BCUT2D eigenvalue weighted by molar-refractivity contribution is -0.120. The molecule has 0 saturated heterocycles. The van der Waals surface area contributed by atoms with Crippen LogP contribution in [0.4, 0.5) is 0 Å². The van der Waals surface area contributed by atoms with Gasteiger partial charge in [0.05, 0.1) is 5.57 Å². The molecule has 2 N–H and O–H groups in total. The van der Waals surface area contributed by atoms with Crippen molar-refractivity contribution < 1.29 is 9.59 Å². The van der Waals surface area contributed by atoms with E-state index in [1.54, 1.807) is 0 Å². The second-order valence-electron chi connectivity index (χ2n) is 1.76. The van der Waals surface area contributed by atoms with Gasteiger partial charge in [0.2, 0.25) is 0 Å². The number of hydrogen-bond acceptors (Lipinski definition) is 2. The highest BCUT2D eigenvalue weighted by Crippen LogP contribution is 1.95. The summed E-state index contributed by atoms with van der Waals surface area (Å²) in [5.41, 5.74) is 4.61. The van der Waals surface area contributed by atoms with Gasteiger partial charge in [-0.15, -0.1) is 6.58 Å². The molecule has 0 aliphatic carbocycles. The monoisotopic (exact) mass is 139 g/mol. The summed E-state index contributed by atoms with van der Waals surface area (Å²) in [6, 6.07) is 0. The number of nitrogens with two attached hydrogens (primary N) is 1. The molecule has 0 bridgehead atoms. The topological polar surface area (TPSA) is 60.2 Å². The molecule has 1 amide bonds. The molecule has 0 aliphatic heterocycles. The molecule has 0 fully saturated rings. The van der Waals surface area contributed by atoms with E-state index in [1.807, 2.05) is 0 Å². The molecule has 54 valence electrons. The molecule has 3 nitrogen and oxygen atoms in total. The van der Waals surface area contributed by atoms with Crippen LogP contribution in [0.5, 0.6) is 0 Å². The van der Waals surface area contributed by atoms with Gasteiger partial charge in [-0.3, -0.25) is 9.59 Å². The Kier molecular flexibility index (Phi) is 3.11. The van der Waals surface area contributed by atoms with Crippen LogP contribution in [-0.4, -0.2) is 11.7 Å². The highest BCUT2D eigenvalue weighted by molar-refractivity contribution is 6.18. The minimum absolute atomic E-state index is 0.113. The lowest BCUT2D eigenvalue weighted by Gasteiger charge is -1.94. The minimum Gasteiger partial charge on any atom is -0.366 e. The Morgan fingerprint density at radius 2 is 2.00 bits per heavy atom. The van der Waals surface area contributed by atoms with Crippen LogP contribution in [0, 0.1) is 0 Å². The Labute approximate surface area is 59.2 Å². The highest BCUT2D eigenvalue weighted by atomic mass is 16.2. The normalized spacial score (nSPS) is 8.40. The summed E-state index contributed by atoms with van der Waals surface area (Å²) in [7, 11) is 0. The van der Waals surface area contributed by atoms with E-state index >= 15 is 0 Å².